The number of rotatable bonds is 2. The van der Waals surface area contributed by atoms with Gasteiger partial charge in [0.25, 0.3) is 0 Å². The minimum absolute atomic E-state index is 0.0897. The normalized spacial score (nSPS) is 12.6. The molecule has 0 saturated carbocycles. The van der Waals surface area contributed by atoms with Crippen LogP contribution >= 0.6 is 12.2 Å². The van der Waals surface area contributed by atoms with Gasteiger partial charge in [0.1, 0.15) is 0 Å². The van der Waals surface area contributed by atoms with Crippen molar-refractivity contribution in [3.05, 3.63) is 40.2 Å². The predicted octanol–water partition coefficient (Wildman–Crippen LogP) is 2.44. The number of nitrogens with two attached hydrogens (primary N) is 1. The summed E-state index contributed by atoms with van der Waals surface area (Å²) in [7, 11) is 0. The molecule has 5 heteroatoms. The fraction of sp³-hybridized carbons (Fsp3) is 0.273. The predicted molar refractivity (Wildman–Crippen MR) is 66.8 cm³/mol. The fourth-order valence-corrected chi connectivity index (χ4v) is 1.98. The molecule has 4 nitrogen and oxygen atoms in total. The largest absolute Gasteiger partial charge is 0.368 e. The maximum Gasteiger partial charge on any atom is 0.221 e. The first kappa shape index (κ1) is 10.9. The first-order valence-corrected chi connectivity index (χ1v) is 5.49. The van der Waals surface area contributed by atoms with Gasteiger partial charge >= 0.3 is 0 Å². The minimum Gasteiger partial charge on any atom is -0.368 e. The molecule has 1 aromatic heterocycles. The van der Waals surface area contributed by atoms with Crippen molar-refractivity contribution in [2.24, 2.45) is 0 Å². The molecule has 0 fully saturated rings. The van der Waals surface area contributed by atoms with Gasteiger partial charge in [-0.15, -0.1) is 5.10 Å². The number of aromatic amines is 1. The van der Waals surface area contributed by atoms with E-state index in [9.17, 15) is 0 Å². The van der Waals surface area contributed by atoms with Crippen molar-refractivity contribution in [1.82, 2.24) is 14.8 Å². The monoisotopic (exact) mass is 234 g/mol. The highest BCUT2D eigenvalue weighted by Gasteiger charge is 2.12. The maximum atomic E-state index is 5.76. The molecule has 3 N–H and O–H groups in total. The molecule has 1 atom stereocenters. The number of aryl methyl sites for hydroxylation is 1. The molecule has 0 radical (unpaired) electrons. The molecule has 0 amide bonds. The number of anilines is 1. The van der Waals surface area contributed by atoms with Gasteiger partial charge in [-0.3, -0.25) is 4.57 Å². The third kappa shape index (κ3) is 1.86. The van der Waals surface area contributed by atoms with E-state index in [0.29, 0.717) is 10.7 Å². The van der Waals surface area contributed by atoms with E-state index in [-0.39, 0.29) is 6.04 Å². The molecule has 1 heterocycles. The van der Waals surface area contributed by atoms with E-state index < -0.39 is 0 Å². The van der Waals surface area contributed by atoms with Gasteiger partial charge in [0.2, 0.25) is 5.95 Å². The van der Waals surface area contributed by atoms with Gasteiger partial charge in [0.05, 0.1) is 6.04 Å². The van der Waals surface area contributed by atoms with E-state index in [1.807, 2.05) is 6.92 Å². The summed E-state index contributed by atoms with van der Waals surface area (Å²) in [6, 6.07) is 8.40. The lowest BCUT2D eigenvalue weighted by Crippen LogP contribution is -2.10. The number of nitrogen functional groups attached to an aromatic ring is 1. The van der Waals surface area contributed by atoms with Gasteiger partial charge in [-0.2, -0.15) is 0 Å². The highest BCUT2D eigenvalue weighted by molar-refractivity contribution is 7.71. The van der Waals surface area contributed by atoms with Crippen molar-refractivity contribution in [3.63, 3.8) is 0 Å². The Morgan fingerprint density at radius 3 is 2.50 bits per heavy atom. The molecule has 0 spiro atoms. The van der Waals surface area contributed by atoms with Crippen LogP contribution in [0, 0.1) is 11.7 Å². The molecule has 0 aliphatic heterocycles. The zero-order chi connectivity index (χ0) is 11.7. The van der Waals surface area contributed by atoms with Crippen LogP contribution in [0.15, 0.2) is 24.3 Å². The second-order valence-electron chi connectivity index (χ2n) is 3.84. The summed E-state index contributed by atoms with van der Waals surface area (Å²) in [6.07, 6.45) is 0. The molecule has 2 rings (SSSR count). The van der Waals surface area contributed by atoms with Crippen molar-refractivity contribution in [2.75, 3.05) is 5.73 Å². The zero-order valence-electron chi connectivity index (χ0n) is 9.27. The Kier molecular flexibility index (Phi) is 2.78. The average Bonchev–Trinajstić information content (AvgIpc) is 2.59. The lowest BCUT2D eigenvalue weighted by atomic mass is 10.1. The van der Waals surface area contributed by atoms with Crippen LogP contribution < -0.4 is 5.73 Å². The van der Waals surface area contributed by atoms with E-state index in [1.54, 1.807) is 4.57 Å². The first-order chi connectivity index (χ1) is 7.59. The lowest BCUT2D eigenvalue weighted by Gasteiger charge is -2.14. The van der Waals surface area contributed by atoms with Gasteiger partial charge in [-0.25, -0.2) is 5.10 Å². The summed E-state index contributed by atoms with van der Waals surface area (Å²) in [4.78, 5) is 0. The first-order valence-electron chi connectivity index (χ1n) is 5.08. The molecule has 0 saturated heterocycles. The van der Waals surface area contributed by atoms with Crippen molar-refractivity contribution in [2.45, 2.75) is 19.9 Å². The van der Waals surface area contributed by atoms with Crippen LogP contribution in [0.25, 0.3) is 0 Å². The summed E-state index contributed by atoms with van der Waals surface area (Å²) >= 11 is 5.14. The molecular weight excluding hydrogens is 220 g/mol. The Morgan fingerprint density at radius 1 is 1.38 bits per heavy atom. The Bertz CT molecular complexity index is 538. The summed E-state index contributed by atoms with van der Waals surface area (Å²) in [5.41, 5.74) is 8.16. The Balaban J connectivity index is 2.43. The summed E-state index contributed by atoms with van der Waals surface area (Å²) in [6.45, 7) is 4.11. The molecule has 1 unspecified atom stereocenters. The Morgan fingerprint density at radius 2 is 2.00 bits per heavy atom. The quantitative estimate of drug-likeness (QED) is 0.785. The Hall–Kier alpha value is -1.62. The topological polar surface area (TPSA) is 59.6 Å². The summed E-state index contributed by atoms with van der Waals surface area (Å²) in [5.74, 6) is 0.415. The average molecular weight is 234 g/mol. The highest BCUT2D eigenvalue weighted by Crippen LogP contribution is 2.20. The second-order valence-corrected chi connectivity index (χ2v) is 4.23. The molecule has 84 valence electrons. The van der Waals surface area contributed by atoms with Crippen LogP contribution in [-0.2, 0) is 0 Å². The van der Waals surface area contributed by atoms with E-state index in [0.717, 1.165) is 5.56 Å². The molecule has 16 heavy (non-hydrogen) atoms. The molecule has 1 aromatic carbocycles. The number of hydrogen-bond acceptors (Lipinski definition) is 3. The van der Waals surface area contributed by atoms with Crippen LogP contribution in [0.2, 0.25) is 0 Å². The van der Waals surface area contributed by atoms with E-state index >= 15 is 0 Å². The third-order valence-electron chi connectivity index (χ3n) is 2.68. The van der Waals surface area contributed by atoms with Crippen molar-refractivity contribution >= 4 is 18.2 Å². The lowest BCUT2D eigenvalue weighted by molar-refractivity contribution is 0.637. The van der Waals surface area contributed by atoms with Crippen LogP contribution in [0.5, 0.6) is 0 Å². The van der Waals surface area contributed by atoms with E-state index in [4.69, 9.17) is 18.0 Å². The number of nitrogens with one attached hydrogen (secondary N) is 1. The van der Waals surface area contributed by atoms with Gasteiger partial charge in [0, 0.05) is 0 Å². The zero-order valence-corrected chi connectivity index (χ0v) is 10.1. The number of H-pyrrole nitrogens is 1. The molecule has 0 bridgehead atoms. The van der Waals surface area contributed by atoms with Crippen LogP contribution in [0.1, 0.15) is 24.1 Å². The van der Waals surface area contributed by atoms with Crippen LogP contribution in [0.3, 0.4) is 0 Å². The van der Waals surface area contributed by atoms with Gasteiger partial charge < -0.3 is 5.73 Å². The maximum absolute atomic E-state index is 5.76. The number of aromatic nitrogens is 3. The van der Waals surface area contributed by atoms with Crippen molar-refractivity contribution < 1.29 is 0 Å². The van der Waals surface area contributed by atoms with Crippen molar-refractivity contribution in [1.29, 1.82) is 0 Å². The SMILES string of the molecule is Cc1ccc(C(C)n2c(N)n[nH]c2=S)cc1. The highest BCUT2D eigenvalue weighted by atomic mass is 32.1. The van der Waals surface area contributed by atoms with Crippen LogP contribution in [0.4, 0.5) is 5.95 Å². The minimum atomic E-state index is 0.0897. The number of nitrogens with zero attached hydrogens (tertiary/aromatic N) is 2. The molecule has 0 aliphatic carbocycles. The second kappa shape index (κ2) is 4.09. The van der Waals surface area contributed by atoms with E-state index in [1.165, 1.54) is 5.56 Å². The molecule has 0 aliphatic rings. The van der Waals surface area contributed by atoms with E-state index in [2.05, 4.69) is 41.4 Å². The van der Waals surface area contributed by atoms with Gasteiger partial charge in [-0.05, 0) is 31.6 Å². The van der Waals surface area contributed by atoms with Gasteiger partial charge in [0.15, 0.2) is 4.77 Å². The molecule has 2 aromatic rings. The standard InChI is InChI=1S/C11H14N4S/c1-7-3-5-9(6-4-7)8(2)15-10(12)13-14-11(15)16/h3-6,8H,1-2H3,(H2,12,13)(H,14,16). The molecular formula is C11H14N4S. The van der Waals surface area contributed by atoms with Gasteiger partial charge in [-0.1, -0.05) is 29.8 Å². The summed E-state index contributed by atoms with van der Waals surface area (Å²) < 4.78 is 2.35. The fourth-order valence-electron chi connectivity index (χ4n) is 1.69. The number of benzene rings is 1. The van der Waals surface area contributed by atoms with Crippen LogP contribution in [-0.4, -0.2) is 14.8 Å². The Labute approximate surface area is 99.1 Å². The number of hydrogen-bond donors (Lipinski definition) is 2. The summed E-state index contributed by atoms with van der Waals surface area (Å²) in [5, 5.41) is 6.59. The third-order valence-corrected chi connectivity index (χ3v) is 2.97. The van der Waals surface area contributed by atoms with Crippen molar-refractivity contribution in [3.8, 4) is 0 Å². The smallest absolute Gasteiger partial charge is 0.221 e.